The number of carbonyl (C=O) groups is 1. The summed E-state index contributed by atoms with van der Waals surface area (Å²) >= 11 is 1.69. The number of likely N-dealkylation sites (N-methyl/N-ethyl adjacent to an activating group) is 1. The van der Waals surface area contributed by atoms with Crippen LogP contribution < -0.4 is 5.32 Å². The minimum absolute atomic E-state index is 0.0170. The van der Waals surface area contributed by atoms with Crippen LogP contribution in [0.4, 0.5) is 4.79 Å². The lowest BCUT2D eigenvalue weighted by Gasteiger charge is -2.31. The van der Waals surface area contributed by atoms with E-state index in [1.54, 1.807) is 17.4 Å². The number of hydrogen-bond donors (Lipinski definition) is 1. The molecule has 1 N–H and O–H groups in total. The number of aryl methyl sites for hydroxylation is 1. The Morgan fingerprint density at radius 1 is 1.19 bits per heavy atom. The van der Waals surface area contributed by atoms with Crippen molar-refractivity contribution >= 4 is 17.4 Å². The summed E-state index contributed by atoms with van der Waals surface area (Å²) in [6.07, 6.45) is 4.67. The number of rotatable bonds is 11. The molecule has 0 saturated heterocycles. The van der Waals surface area contributed by atoms with Crippen molar-refractivity contribution in [3.8, 4) is 0 Å². The highest BCUT2D eigenvalue weighted by Gasteiger charge is 2.19. The van der Waals surface area contributed by atoms with E-state index in [-0.39, 0.29) is 6.03 Å². The maximum absolute atomic E-state index is 12.6. The summed E-state index contributed by atoms with van der Waals surface area (Å²) in [7, 11) is 4.16. The number of nitrogens with one attached hydrogen (secondary N) is 1. The lowest BCUT2D eigenvalue weighted by Crippen LogP contribution is -2.47. The molecule has 0 bridgehead atoms. The summed E-state index contributed by atoms with van der Waals surface area (Å²) in [5.41, 5.74) is 2.60. The van der Waals surface area contributed by atoms with Crippen molar-refractivity contribution < 1.29 is 4.79 Å². The predicted octanol–water partition coefficient (Wildman–Crippen LogP) is 4.05. The van der Waals surface area contributed by atoms with Crippen molar-refractivity contribution in [1.29, 1.82) is 0 Å². The second-order valence-corrected chi connectivity index (χ2v) is 7.73. The smallest absolute Gasteiger partial charge is 0.317 e. The lowest BCUT2D eigenvalue weighted by atomic mass is 10.0. The molecule has 0 aliphatic rings. The Balaban J connectivity index is 1.87. The molecular weight excluding hydrogens is 354 g/mol. The van der Waals surface area contributed by atoms with Gasteiger partial charge in [-0.3, -0.25) is 0 Å². The Hall–Kier alpha value is -2.11. The second-order valence-electron chi connectivity index (χ2n) is 6.95. The molecule has 27 heavy (non-hydrogen) atoms. The van der Waals surface area contributed by atoms with Gasteiger partial charge in [0.2, 0.25) is 0 Å². The molecular formula is C22H31N3OS. The molecule has 146 valence electrons. The van der Waals surface area contributed by atoms with Gasteiger partial charge < -0.3 is 15.1 Å². The monoisotopic (exact) mass is 385 g/mol. The predicted molar refractivity (Wildman–Crippen MR) is 115 cm³/mol. The van der Waals surface area contributed by atoms with Gasteiger partial charge in [0.05, 0.1) is 0 Å². The zero-order valence-electron chi connectivity index (χ0n) is 16.4. The second kappa shape index (κ2) is 11.6. The first-order valence-electron chi connectivity index (χ1n) is 9.45. The summed E-state index contributed by atoms with van der Waals surface area (Å²) in [5.74, 6) is 0. The number of thiophene rings is 1. The third-order valence-electron chi connectivity index (χ3n) is 4.68. The molecule has 0 fully saturated rings. The van der Waals surface area contributed by atoms with E-state index < -0.39 is 0 Å². The minimum Gasteiger partial charge on any atom is -0.338 e. The maximum atomic E-state index is 12.6. The molecule has 0 saturated carbocycles. The van der Waals surface area contributed by atoms with Gasteiger partial charge in [-0.05, 0) is 61.3 Å². The zero-order valence-corrected chi connectivity index (χ0v) is 17.3. The highest BCUT2D eigenvalue weighted by Crippen LogP contribution is 2.10. The Morgan fingerprint density at radius 3 is 2.59 bits per heavy atom. The molecule has 5 heteroatoms. The molecule has 1 aromatic heterocycles. The van der Waals surface area contributed by atoms with E-state index >= 15 is 0 Å². The van der Waals surface area contributed by atoms with Crippen LogP contribution in [0.5, 0.6) is 0 Å². The van der Waals surface area contributed by atoms with Gasteiger partial charge in [-0.2, -0.15) is 11.3 Å². The molecule has 2 aromatic rings. The number of carbonyl (C=O) groups excluding carboxylic acids is 1. The fourth-order valence-corrected chi connectivity index (χ4v) is 3.70. The van der Waals surface area contributed by atoms with E-state index in [2.05, 4.69) is 72.0 Å². The quantitative estimate of drug-likeness (QED) is 0.592. The van der Waals surface area contributed by atoms with Crippen molar-refractivity contribution in [3.05, 3.63) is 70.9 Å². The van der Waals surface area contributed by atoms with Crippen molar-refractivity contribution in [3.63, 3.8) is 0 Å². The Morgan fingerprint density at radius 2 is 1.96 bits per heavy atom. The van der Waals surface area contributed by atoms with Gasteiger partial charge in [0.1, 0.15) is 0 Å². The molecule has 0 spiro atoms. The molecule has 1 unspecified atom stereocenters. The van der Waals surface area contributed by atoms with E-state index in [0.717, 1.165) is 19.3 Å². The van der Waals surface area contributed by atoms with E-state index in [4.69, 9.17) is 0 Å². The first-order valence-corrected chi connectivity index (χ1v) is 10.4. The van der Waals surface area contributed by atoms with Crippen LogP contribution in [-0.2, 0) is 12.8 Å². The van der Waals surface area contributed by atoms with Crippen LogP contribution >= 0.6 is 11.3 Å². The summed E-state index contributed by atoms with van der Waals surface area (Å²) in [5, 5.41) is 7.24. The van der Waals surface area contributed by atoms with Gasteiger partial charge >= 0.3 is 6.03 Å². The molecule has 1 heterocycles. The fraction of sp³-hybridized carbons (Fsp3) is 0.409. The first kappa shape index (κ1) is 21.2. The van der Waals surface area contributed by atoms with Gasteiger partial charge in [0.25, 0.3) is 0 Å². The van der Waals surface area contributed by atoms with Crippen LogP contribution in [-0.4, -0.2) is 55.6 Å². The molecule has 1 aromatic carbocycles. The van der Waals surface area contributed by atoms with Gasteiger partial charge in [0, 0.05) is 25.7 Å². The number of hydrogen-bond acceptors (Lipinski definition) is 3. The van der Waals surface area contributed by atoms with Gasteiger partial charge in [0.15, 0.2) is 0 Å². The van der Waals surface area contributed by atoms with Crippen molar-refractivity contribution in [2.45, 2.75) is 25.3 Å². The van der Waals surface area contributed by atoms with Gasteiger partial charge in [-0.25, -0.2) is 4.79 Å². The van der Waals surface area contributed by atoms with E-state index in [0.29, 0.717) is 25.7 Å². The Bertz CT molecular complexity index is 670. The summed E-state index contributed by atoms with van der Waals surface area (Å²) in [4.78, 5) is 16.7. The number of benzene rings is 1. The Labute approximate surface area is 167 Å². The minimum atomic E-state index is -0.0170. The van der Waals surface area contributed by atoms with E-state index in [1.165, 1.54) is 11.1 Å². The van der Waals surface area contributed by atoms with E-state index in [9.17, 15) is 4.79 Å². The molecule has 2 amide bonds. The van der Waals surface area contributed by atoms with Crippen molar-refractivity contribution in [2.75, 3.05) is 33.7 Å². The molecule has 0 radical (unpaired) electrons. The molecule has 4 nitrogen and oxygen atoms in total. The third-order valence-corrected chi connectivity index (χ3v) is 5.41. The standard InChI is InChI=1S/C22H31N3OS/c1-4-15-25(22(26)23-14-12-20-13-16-27-18-20)17-21(24(2)3)11-10-19-8-6-5-7-9-19/h4-9,13,16,18,21H,1,10-12,14-15,17H2,2-3H3,(H,23,26). The number of urea groups is 1. The number of nitrogens with zero attached hydrogens (tertiary/aromatic N) is 2. The SMILES string of the molecule is C=CCN(CC(CCc1ccccc1)N(C)C)C(=O)NCCc1ccsc1. The zero-order chi connectivity index (χ0) is 19.5. The van der Waals surface area contributed by atoms with Crippen LogP contribution in [0.15, 0.2) is 59.8 Å². The molecule has 2 rings (SSSR count). The first-order chi connectivity index (χ1) is 13.1. The highest BCUT2D eigenvalue weighted by atomic mass is 32.1. The van der Waals surface area contributed by atoms with Crippen molar-refractivity contribution in [1.82, 2.24) is 15.1 Å². The van der Waals surface area contributed by atoms with E-state index in [1.807, 2.05) is 11.0 Å². The average molecular weight is 386 g/mol. The van der Waals surface area contributed by atoms with Crippen LogP contribution in [0.2, 0.25) is 0 Å². The topological polar surface area (TPSA) is 35.6 Å². The van der Waals surface area contributed by atoms with Crippen LogP contribution in [0.3, 0.4) is 0 Å². The number of amides is 2. The summed E-state index contributed by atoms with van der Waals surface area (Å²) in [6, 6.07) is 12.9. The molecule has 0 aliphatic carbocycles. The molecule has 0 aliphatic heterocycles. The lowest BCUT2D eigenvalue weighted by molar-refractivity contribution is 0.174. The Kier molecular flexibility index (Phi) is 9.08. The maximum Gasteiger partial charge on any atom is 0.317 e. The fourth-order valence-electron chi connectivity index (χ4n) is 3.00. The average Bonchev–Trinajstić information content (AvgIpc) is 3.18. The largest absolute Gasteiger partial charge is 0.338 e. The van der Waals surface area contributed by atoms with Crippen LogP contribution in [0.25, 0.3) is 0 Å². The summed E-state index contributed by atoms with van der Waals surface area (Å²) in [6.45, 7) is 5.71. The van der Waals surface area contributed by atoms with Crippen molar-refractivity contribution in [2.24, 2.45) is 0 Å². The van der Waals surface area contributed by atoms with Gasteiger partial charge in [-0.1, -0.05) is 36.4 Å². The van der Waals surface area contributed by atoms with Gasteiger partial charge in [-0.15, -0.1) is 6.58 Å². The summed E-state index contributed by atoms with van der Waals surface area (Å²) < 4.78 is 0. The highest BCUT2D eigenvalue weighted by molar-refractivity contribution is 7.07. The van der Waals surface area contributed by atoms with Crippen LogP contribution in [0, 0.1) is 0 Å². The molecule has 1 atom stereocenters. The third kappa shape index (κ3) is 7.57. The normalized spacial score (nSPS) is 12.0. The van der Waals surface area contributed by atoms with Crippen LogP contribution in [0.1, 0.15) is 17.5 Å².